The van der Waals surface area contributed by atoms with E-state index in [2.05, 4.69) is 39.1 Å². The van der Waals surface area contributed by atoms with Crippen LogP contribution in [0.2, 0.25) is 0 Å². The van der Waals surface area contributed by atoms with Crippen molar-refractivity contribution in [3.8, 4) is 0 Å². The van der Waals surface area contributed by atoms with Crippen molar-refractivity contribution < 1.29 is 0 Å². The average Bonchev–Trinajstić information content (AvgIpc) is 2.98. The van der Waals surface area contributed by atoms with Gasteiger partial charge < -0.3 is 10.6 Å². The van der Waals surface area contributed by atoms with Crippen LogP contribution in [-0.2, 0) is 0 Å². The summed E-state index contributed by atoms with van der Waals surface area (Å²) >= 11 is 0. The van der Waals surface area contributed by atoms with Crippen LogP contribution in [0.4, 0.5) is 5.82 Å². The Balaban J connectivity index is 1.83. The van der Waals surface area contributed by atoms with Crippen molar-refractivity contribution in [1.82, 2.24) is 9.97 Å². The van der Waals surface area contributed by atoms with Crippen LogP contribution in [0, 0.1) is 5.41 Å². The molecule has 1 aliphatic rings. The quantitative estimate of drug-likeness (QED) is 0.656. The zero-order chi connectivity index (χ0) is 13.9. The van der Waals surface area contributed by atoms with Crippen LogP contribution < -0.4 is 10.6 Å². The molecule has 0 saturated carbocycles. The van der Waals surface area contributed by atoms with Crippen LogP contribution in [0.3, 0.4) is 0 Å². The first-order valence-corrected chi connectivity index (χ1v) is 6.71. The van der Waals surface area contributed by atoms with Gasteiger partial charge in [-0.1, -0.05) is 30.3 Å². The van der Waals surface area contributed by atoms with E-state index in [0.29, 0.717) is 11.6 Å². The molecule has 1 aliphatic heterocycles. The number of nitrogens with two attached hydrogens (primary N) is 1. The third kappa shape index (κ3) is 2.34. The van der Waals surface area contributed by atoms with Crippen LogP contribution in [0.1, 0.15) is 23.6 Å². The summed E-state index contributed by atoms with van der Waals surface area (Å²) in [5.41, 5.74) is 7.41. The van der Waals surface area contributed by atoms with Crippen LogP contribution in [0.15, 0.2) is 42.7 Å². The Morgan fingerprint density at radius 3 is 2.70 bits per heavy atom. The third-order valence-corrected chi connectivity index (χ3v) is 3.69. The van der Waals surface area contributed by atoms with Gasteiger partial charge in [-0.3, -0.25) is 5.41 Å². The van der Waals surface area contributed by atoms with Crippen molar-refractivity contribution in [3.63, 3.8) is 0 Å². The SMILES string of the molecule is N=C(N)c1nccnc1N1CCC(c2ccccc2)C1. The molecule has 0 aliphatic carbocycles. The summed E-state index contributed by atoms with van der Waals surface area (Å²) in [6.07, 6.45) is 4.31. The van der Waals surface area contributed by atoms with Gasteiger partial charge in [0.2, 0.25) is 0 Å². The minimum atomic E-state index is -0.0312. The van der Waals surface area contributed by atoms with E-state index in [0.717, 1.165) is 25.3 Å². The normalized spacial score (nSPS) is 18.2. The largest absolute Gasteiger partial charge is 0.382 e. The molecule has 0 radical (unpaired) electrons. The molecule has 102 valence electrons. The summed E-state index contributed by atoms with van der Waals surface area (Å²) in [6, 6.07) is 10.5. The number of nitrogens with zero attached hydrogens (tertiary/aromatic N) is 3. The zero-order valence-corrected chi connectivity index (χ0v) is 11.2. The molecule has 0 bridgehead atoms. The lowest BCUT2D eigenvalue weighted by Crippen LogP contribution is -2.26. The average molecular weight is 267 g/mol. The molecule has 1 saturated heterocycles. The second kappa shape index (κ2) is 5.28. The summed E-state index contributed by atoms with van der Waals surface area (Å²) in [7, 11) is 0. The van der Waals surface area contributed by atoms with Crippen molar-refractivity contribution in [2.75, 3.05) is 18.0 Å². The molecule has 5 nitrogen and oxygen atoms in total. The van der Waals surface area contributed by atoms with Gasteiger partial charge in [0, 0.05) is 31.4 Å². The van der Waals surface area contributed by atoms with E-state index in [1.54, 1.807) is 12.4 Å². The maximum atomic E-state index is 7.60. The van der Waals surface area contributed by atoms with Crippen molar-refractivity contribution >= 4 is 11.7 Å². The monoisotopic (exact) mass is 267 g/mol. The van der Waals surface area contributed by atoms with Gasteiger partial charge in [-0.15, -0.1) is 0 Å². The number of aromatic nitrogens is 2. The molecule has 5 heteroatoms. The highest BCUT2D eigenvalue weighted by molar-refractivity contribution is 5.97. The molecule has 0 spiro atoms. The van der Waals surface area contributed by atoms with E-state index in [1.165, 1.54) is 5.56 Å². The molecule has 1 fully saturated rings. The Morgan fingerprint density at radius 2 is 1.95 bits per heavy atom. The third-order valence-electron chi connectivity index (χ3n) is 3.69. The van der Waals surface area contributed by atoms with E-state index >= 15 is 0 Å². The van der Waals surface area contributed by atoms with E-state index in [1.807, 2.05) is 6.07 Å². The van der Waals surface area contributed by atoms with Gasteiger partial charge in [-0.2, -0.15) is 0 Å². The van der Waals surface area contributed by atoms with Gasteiger partial charge in [0.1, 0.15) is 11.5 Å². The van der Waals surface area contributed by atoms with Gasteiger partial charge in [-0.05, 0) is 12.0 Å². The van der Waals surface area contributed by atoms with Crippen LogP contribution in [0.25, 0.3) is 0 Å². The Labute approximate surface area is 118 Å². The molecule has 0 amide bonds. The summed E-state index contributed by atoms with van der Waals surface area (Å²) in [5, 5.41) is 7.60. The Bertz CT molecular complexity index is 611. The second-order valence-electron chi connectivity index (χ2n) is 4.98. The molecule has 1 unspecified atom stereocenters. The molecular weight excluding hydrogens is 250 g/mol. The predicted molar refractivity (Wildman–Crippen MR) is 79.1 cm³/mol. The second-order valence-corrected chi connectivity index (χ2v) is 4.98. The number of nitrogen functional groups attached to an aromatic ring is 1. The lowest BCUT2D eigenvalue weighted by Gasteiger charge is -2.19. The molecule has 1 aromatic carbocycles. The molecular formula is C15H17N5. The van der Waals surface area contributed by atoms with Gasteiger partial charge >= 0.3 is 0 Å². The highest BCUT2D eigenvalue weighted by Crippen LogP contribution is 2.30. The molecule has 1 aromatic heterocycles. The van der Waals surface area contributed by atoms with Crippen molar-refractivity contribution in [2.45, 2.75) is 12.3 Å². The minimum Gasteiger partial charge on any atom is -0.382 e. The number of benzene rings is 1. The number of hydrogen-bond donors (Lipinski definition) is 2. The van der Waals surface area contributed by atoms with Crippen molar-refractivity contribution in [3.05, 3.63) is 54.0 Å². The van der Waals surface area contributed by atoms with Gasteiger partial charge in [0.25, 0.3) is 0 Å². The molecule has 3 rings (SSSR count). The van der Waals surface area contributed by atoms with Gasteiger partial charge in [-0.25, -0.2) is 9.97 Å². The number of anilines is 1. The first kappa shape index (κ1) is 12.6. The fourth-order valence-electron chi connectivity index (χ4n) is 2.70. The minimum absolute atomic E-state index is 0.0312. The fraction of sp³-hybridized carbons (Fsp3) is 0.267. The maximum absolute atomic E-state index is 7.60. The molecule has 20 heavy (non-hydrogen) atoms. The van der Waals surface area contributed by atoms with Crippen molar-refractivity contribution in [1.29, 1.82) is 5.41 Å². The number of rotatable bonds is 3. The summed E-state index contributed by atoms with van der Waals surface area (Å²) in [4.78, 5) is 10.7. The number of hydrogen-bond acceptors (Lipinski definition) is 4. The lowest BCUT2D eigenvalue weighted by atomic mass is 9.99. The Hall–Kier alpha value is -2.43. The van der Waals surface area contributed by atoms with Crippen LogP contribution >= 0.6 is 0 Å². The first-order chi connectivity index (χ1) is 9.75. The number of amidine groups is 1. The first-order valence-electron chi connectivity index (χ1n) is 6.71. The highest BCUT2D eigenvalue weighted by Gasteiger charge is 2.27. The van der Waals surface area contributed by atoms with E-state index < -0.39 is 0 Å². The summed E-state index contributed by atoms with van der Waals surface area (Å²) < 4.78 is 0. The summed E-state index contributed by atoms with van der Waals surface area (Å²) in [6.45, 7) is 1.81. The smallest absolute Gasteiger partial charge is 0.158 e. The molecule has 2 aromatic rings. The molecule has 2 heterocycles. The maximum Gasteiger partial charge on any atom is 0.158 e. The van der Waals surface area contributed by atoms with E-state index in [4.69, 9.17) is 11.1 Å². The van der Waals surface area contributed by atoms with Crippen molar-refractivity contribution in [2.24, 2.45) is 5.73 Å². The lowest BCUT2D eigenvalue weighted by molar-refractivity contribution is 0.774. The van der Waals surface area contributed by atoms with Gasteiger partial charge in [0.15, 0.2) is 5.82 Å². The van der Waals surface area contributed by atoms with E-state index in [9.17, 15) is 0 Å². The summed E-state index contributed by atoms with van der Waals surface area (Å²) in [5.74, 6) is 1.19. The van der Waals surface area contributed by atoms with Crippen LogP contribution in [-0.4, -0.2) is 28.9 Å². The van der Waals surface area contributed by atoms with Crippen LogP contribution in [0.5, 0.6) is 0 Å². The predicted octanol–water partition coefficient (Wildman–Crippen LogP) is 1.75. The molecule has 1 atom stereocenters. The zero-order valence-electron chi connectivity index (χ0n) is 11.2. The van der Waals surface area contributed by atoms with Gasteiger partial charge in [0.05, 0.1) is 0 Å². The Morgan fingerprint density at radius 1 is 1.20 bits per heavy atom. The number of nitrogens with one attached hydrogen (secondary N) is 1. The van der Waals surface area contributed by atoms with E-state index in [-0.39, 0.29) is 5.84 Å². The Kier molecular flexibility index (Phi) is 3.33. The topological polar surface area (TPSA) is 78.9 Å². The standard InChI is InChI=1S/C15H17N5/c16-14(17)13-15(19-8-7-18-13)20-9-6-12(10-20)11-4-2-1-3-5-11/h1-5,7-8,12H,6,9-10H2,(H3,16,17). The highest BCUT2D eigenvalue weighted by atomic mass is 15.2. The fourth-order valence-corrected chi connectivity index (χ4v) is 2.70. The molecule has 3 N–H and O–H groups in total.